The van der Waals surface area contributed by atoms with E-state index in [0.29, 0.717) is 19.3 Å². The molecule has 0 fully saturated rings. The van der Waals surface area contributed by atoms with Gasteiger partial charge in [-0.2, -0.15) is 0 Å². The highest BCUT2D eigenvalue weighted by molar-refractivity contribution is 5.71. The molecule has 392 valence electrons. The summed E-state index contributed by atoms with van der Waals surface area (Å²) >= 11 is 0. The number of carbonyl (C=O) groups is 3. The first-order valence-corrected chi connectivity index (χ1v) is 29.5. The lowest BCUT2D eigenvalue weighted by Gasteiger charge is -2.18. The van der Waals surface area contributed by atoms with E-state index in [0.717, 1.165) is 70.6 Å². The summed E-state index contributed by atoms with van der Waals surface area (Å²) in [5.41, 5.74) is 0. The highest BCUT2D eigenvalue weighted by Gasteiger charge is 2.19. The molecule has 0 radical (unpaired) electrons. The van der Waals surface area contributed by atoms with Gasteiger partial charge < -0.3 is 14.2 Å². The van der Waals surface area contributed by atoms with Crippen molar-refractivity contribution >= 4 is 17.9 Å². The number of hydrogen-bond donors (Lipinski definition) is 0. The van der Waals surface area contributed by atoms with E-state index in [4.69, 9.17) is 14.2 Å². The van der Waals surface area contributed by atoms with Gasteiger partial charge in [0.2, 0.25) is 0 Å². The first-order valence-electron chi connectivity index (χ1n) is 29.5. The molecule has 0 aromatic heterocycles. The summed E-state index contributed by atoms with van der Waals surface area (Å²) in [7, 11) is 0. The molecule has 0 aliphatic rings. The first-order chi connectivity index (χ1) is 33.0. The van der Waals surface area contributed by atoms with Crippen LogP contribution in [0.4, 0.5) is 0 Å². The number of carbonyl (C=O) groups excluding carboxylic acids is 3. The van der Waals surface area contributed by atoms with Gasteiger partial charge in [-0.25, -0.2) is 0 Å². The van der Waals surface area contributed by atoms with E-state index in [2.05, 4.69) is 57.2 Å². The van der Waals surface area contributed by atoms with Crippen LogP contribution in [0.1, 0.15) is 316 Å². The molecule has 0 N–H and O–H groups in total. The molecule has 0 bridgehead atoms. The molecule has 0 aromatic carbocycles. The van der Waals surface area contributed by atoms with Crippen molar-refractivity contribution < 1.29 is 28.6 Å². The van der Waals surface area contributed by atoms with Crippen molar-refractivity contribution in [2.75, 3.05) is 13.2 Å². The SMILES string of the molecule is CCCCCCC/C=C\C/C=C\C/C=C\CCCCCCCCCCCCCCCCCCC(=O)OCC(COC(=O)CCCCCCCCCC)OC(=O)CCCCCCCCCCCC. The van der Waals surface area contributed by atoms with Gasteiger partial charge in [0.25, 0.3) is 0 Å². The molecular formula is C61H112O6. The van der Waals surface area contributed by atoms with E-state index in [1.54, 1.807) is 0 Å². The maximum Gasteiger partial charge on any atom is 0.306 e. The molecule has 0 rings (SSSR count). The quantitative estimate of drug-likeness (QED) is 0.0262. The molecule has 0 aliphatic carbocycles. The lowest BCUT2D eigenvalue weighted by atomic mass is 10.0. The van der Waals surface area contributed by atoms with Gasteiger partial charge in [0.1, 0.15) is 13.2 Å². The minimum Gasteiger partial charge on any atom is -0.462 e. The second-order valence-electron chi connectivity index (χ2n) is 19.9. The Hall–Kier alpha value is -2.37. The molecule has 67 heavy (non-hydrogen) atoms. The summed E-state index contributed by atoms with van der Waals surface area (Å²) in [5.74, 6) is -0.859. The molecule has 0 spiro atoms. The Kier molecular flexibility index (Phi) is 54.2. The van der Waals surface area contributed by atoms with Crippen LogP contribution in [0.2, 0.25) is 0 Å². The van der Waals surface area contributed by atoms with E-state index in [1.165, 1.54) is 205 Å². The Bertz CT molecular complexity index is 1130. The van der Waals surface area contributed by atoms with Crippen molar-refractivity contribution in [2.45, 2.75) is 322 Å². The van der Waals surface area contributed by atoms with Gasteiger partial charge in [0, 0.05) is 19.3 Å². The second-order valence-corrected chi connectivity index (χ2v) is 19.9. The van der Waals surface area contributed by atoms with Gasteiger partial charge in [-0.05, 0) is 57.8 Å². The fraction of sp³-hybridized carbons (Fsp3) is 0.852. The maximum absolute atomic E-state index is 12.7. The zero-order valence-corrected chi connectivity index (χ0v) is 44.9. The van der Waals surface area contributed by atoms with Crippen LogP contribution in [0, 0.1) is 0 Å². The zero-order chi connectivity index (χ0) is 48.6. The number of rotatable bonds is 54. The Morgan fingerprint density at radius 1 is 0.299 bits per heavy atom. The van der Waals surface area contributed by atoms with E-state index in [-0.39, 0.29) is 31.1 Å². The largest absolute Gasteiger partial charge is 0.462 e. The minimum atomic E-state index is -0.763. The van der Waals surface area contributed by atoms with Gasteiger partial charge in [-0.15, -0.1) is 0 Å². The van der Waals surface area contributed by atoms with Gasteiger partial charge in [0.15, 0.2) is 6.10 Å². The summed E-state index contributed by atoms with van der Waals surface area (Å²) in [4.78, 5) is 37.8. The van der Waals surface area contributed by atoms with Crippen molar-refractivity contribution in [3.8, 4) is 0 Å². The predicted octanol–water partition coefficient (Wildman–Crippen LogP) is 19.7. The lowest BCUT2D eigenvalue weighted by molar-refractivity contribution is -0.167. The summed E-state index contributed by atoms with van der Waals surface area (Å²) in [5, 5.41) is 0. The predicted molar refractivity (Wildman–Crippen MR) is 289 cm³/mol. The molecule has 0 aliphatic heterocycles. The third kappa shape index (κ3) is 54.4. The highest BCUT2D eigenvalue weighted by Crippen LogP contribution is 2.17. The number of esters is 3. The van der Waals surface area contributed by atoms with Crippen LogP contribution in [-0.4, -0.2) is 37.2 Å². The molecule has 6 nitrogen and oxygen atoms in total. The monoisotopic (exact) mass is 941 g/mol. The second kappa shape index (κ2) is 56.2. The average Bonchev–Trinajstić information content (AvgIpc) is 3.33. The summed E-state index contributed by atoms with van der Waals surface area (Å²) < 4.78 is 16.8. The minimum absolute atomic E-state index is 0.0670. The summed E-state index contributed by atoms with van der Waals surface area (Å²) in [6.45, 7) is 6.61. The molecule has 6 heteroatoms. The standard InChI is InChI=1S/C61H112O6/c1-4-7-10-13-16-19-21-22-23-24-25-26-27-28-29-30-31-32-33-34-35-36-37-38-39-40-41-43-45-48-51-54-60(63)66-57-58(56-65-59(62)53-50-47-44-18-15-12-9-6-3)67-61(64)55-52-49-46-42-20-17-14-11-8-5-2/h21-22,24-25,27-28,58H,4-20,23,26,29-57H2,1-3H3/b22-21-,25-24-,28-27-. The third-order valence-electron chi connectivity index (χ3n) is 13.1. The molecule has 0 amide bonds. The van der Waals surface area contributed by atoms with Crippen LogP contribution < -0.4 is 0 Å². The van der Waals surface area contributed by atoms with Crippen molar-refractivity contribution in [1.29, 1.82) is 0 Å². The van der Waals surface area contributed by atoms with Gasteiger partial charge in [0.05, 0.1) is 0 Å². The van der Waals surface area contributed by atoms with E-state index >= 15 is 0 Å². The van der Waals surface area contributed by atoms with Crippen molar-refractivity contribution in [3.05, 3.63) is 36.5 Å². The molecule has 0 heterocycles. The molecular weight excluding hydrogens is 829 g/mol. The first kappa shape index (κ1) is 64.6. The lowest BCUT2D eigenvalue weighted by Crippen LogP contribution is -2.30. The molecule has 0 aromatic rings. The fourth-order valence-corrected chi connectivity index (χ4v) is 8.69. The Balaban J connectivity index is 3.97. The number of ether oxygens (including phenoxy) is 3. The Morgan fingerprint density at radius 3 is 0.836 bits per heavy atom. The van der Waals surface area contributed by atoms with Crippen molar-refractivity contribution in [2.24, 2.45) is 0 Å². The zero-order valence-electron chi connectivity index (χ0n) is 44.9. The van der Waals surface area contributed by atoms with Crippen LogP contribution in [0.15, 0.2) is 36.5 Å². The number of unbranched alkanes of at least 4 members (excludes halogenated alkanes) is 37. The molecule has 0 saturated carbocycles. The van der Waals surface area contributed by atoms with Crippen molar-refractivity contribution in [3.63, 3.8) is 0 Å². The average molecular weight is 942 g/mol. The van der Waals surface area contributed by atoms with Gasteiger partial charge in [-0.3, -0.25) is 14.4 Å². The van der Waals surface area contributed by atoms with Crippen LogP contribution in [0.25, 0.3) is 0 Å². The third-order valence-corrected chi connectivity index (χ3v) is 13.1. The number of hydrogen-bond acceptors (Lipinski definition) is 6. The van der Waals surface area contributed by atoms with E-state index in [9.17, 15) is 14.4 Å². The van der Waals surface area contributed by atoms with Crippen LogP contribution in [0.3, 0.4) is 0 Å². The van der Waals surface area contributed by atoms with Crippen LogP contribution >= 0.6 is 0 Å². The van der Waals surface area contributed by atoms with E-state index < -0.39 is 6.10 Å². The van der Waals surface area contributed by atoms with Crippen LogP contribution in [0.5, 0.6) is 0 Å². The summed E-state index contributed by atoms with van der Waals surface area (Å²) in [6, 6.07) is 0. The normalized spacial score (nSPS) is 12.2. The van der Waals surface area contributed by atoms with Crippen molar-refractivity contribution in [1.82, 2.24) is 0 Å². The Labute approximate surface area is 416 Å². The van der Waals surface area contributed by atoms with Gasteiger partial charge in [-0.1, -0.05) is 276 Å². The highest BCUT2D eigenvalue weighted by atomic mass is 16.6. The molecule has 1 unspecified atom stereocenters. The smallest absolute Gasteiger partial charge is 0.306 e. The fourth-order valence-electron chi connectivity index (χ4n) is 8.69. The molecule has 1 atom stereocenters. The maximum atomic E-state index is 12.7. The summed E-state index contributed by atoms with van der Waals surface area (Å²) in [6.07, 6.45) is 67.5. The number of allylic oxidation sites excluding steroid dienone is 6. The topological polar surface area (TPSA) is 78.9 Å². The Morgan fingerprint density at radius 2 is 0.537 bits per heavy atom. The van der Waals surface area contributed by atoms with Crippen LogP contribution in [-0.2, 0) is 28.6 Å². The van der Waals surface area contributed by atoms with Gasteiger partial charge >= 0.3 is 17.9 Å². The van der Waals surface area contributed by atoms with E-state index in [1.807, 2.05) is 0 Å². The molecule has 0 saturated heterocycles.